The minimum atomic E-state index is -0.268. The second-order valence-electron chi connectivity index (χ2n) is 6.66. The molecule has 134 valence electrons. The Hall–Kier alpha value is -1.92. The molecule has 25 heavy (non-hydrogen) atoms. The number of carbonyl (C=O) groups is 1. The predicted molar refractivity (Wildman–Crippen MR) is 99.0 cm³/mol. The van der Waals surface area contributed by atoms with Crippen LogP contribution < -0.4 is 4.74 Å². The molecule has 3 rings (SSSR count). The van der Waals surface area contributed by atoms with E-state index in [-0.39, 0.29) is 11.4 Å². The van der Waals surface area contributed by atoms with Crippen molar-refractivity contribution in [2.45, 2.75) is 32.7 Å². The third-order valence-corrected chi connectivity index (χ3v) is 5.17. The number of hydrogen-bond acceptors (Lipinski definition) is 5. The van der Waals surface area contributed by atoms with Gasteiger partial charge in [-0.2, -0.15) is 0 Å². The fraction of sp³-hybridized carbons (Fsp3) is 0.474. The summed E-state index contributed by atoms with van der Waals surface area (Å²) in [5.41, 5.74) is 1.51. The van der Waals surface area contributed by atoms with Gasteiger partial charge in [-0.05, 0) is 32.9 Å². The first-order chi connectivity index (χ1) is 12.0. The number of nitrogens with zero attached hydrogens (tertiary/aromatic N) is 2. The normalized spacial score (nSPS) is 16.7. The van der Waals surface area contributed by atoms with Crippen LogP contribution in [0.5, 0.6) is 5.75 Å². The first-order valence-corrected chi connectivity index (χ1v) is 9.44. The number of aromatic nitrogens is 1. The molecule has 0 unspecified atom stereocenters. The molecule has 1 aromatic heterocycles. The quantitative estimate of drug-likeness (QED) is 0.820. The molecule has 1 amide bonds. The lowest BCUT2D eigenvalue weighted by atomic mass is 10.0. The van der Waals surface area contributed by atoms with E-state index in [0.29, 0.717) is 32.8 Å². The lowest BCUT2D eigenvalue weighted by Gasteiger charge is -2.42. The van der Waals surface area contributed by atoms with Crippen LogP contribution >= 0.6 is 11.3 Å². The topological polar surface area (TPSA) is 51.7 Å². The van der Waals surface area contributed by atoms with E-state index >= 15 is 0 Å². The van der Waals surface area contributed by atoms with Crippen LogP contribution in [-0.4, -0.2) is 47.7 Å². The van der Waals surface area contributed by atoms with Gasteiger partial charge in [-0.25, -0.2) is 4.98 Å². The number of thiazole rings is 1. The third kappa shape index (κ3) is 4.02. The Morgan fingerprint density at radius 1 is 1.40 bits per heavy atom. The molecule has 0 saturated carbocycles. The highest BCUT2D eigenvalue weighted by molar-refractivity contribution is 7.13. The Balaban J connectivity index is 1.75. The zero-order valence-electron chi connectivity index (χ0n) is 14.9. The number of benzene rings is 1. The molecular weight excluding hydrogens is 336 g/mol. The lowest BCUT2D eigenvalue weighted by Crippen LogP contribution is -2.55. The van der Waals surface area contributed by atoms with Gasteiger partial charge in [0.05, 0.1) is 43.0 Å². The third-order valence-electron chi connectivity index (χ3n) is 4.25. The van der Waals surface area contributed by atoms with Gasteiger partial charge in [0, 0.05) is 11.9 Å². The van der Waals surface area contributed by atoms with E-state index in [1.807, 2.05) is 55.3 Å². The predicted octanol–water partition coefficient (Wildman–Crippen LogP) is 3.39. The molecule has 0 N–H and O–H groups in total. The van der Waals surface area contributed by atoms with Crippen molar-refractivity contribution in [2.24, 2.45) is 0 Å². The second kappa shape index (κ2) is 7.54. The lowest BCUT2D eigenvalue weighted by molar-refractivity contribution is -0.145. The maximum Gasteiger partial charge on any atom is 0.229 e. The number of carbonyl (C=O) groups excluding carboxylic acids is 1. The molecule has 1 aliphatic rings. The zero-order valence-corrected chi connectivity index (χ0v) is 15.8. The molecular formula is C19H24N2O3S. The van der Waals surface area contributed by atoms with E-state index in [4.69, 9.17) is 9.47 Å². The van der Waals surface area contributed by atoms with Gasteiger partial charge in [0.25, 0.3) is 0 Å². The van der Waals surface area contributed by atoms with Crippen LogP contribution in [-0.2, 0) is 16.0 Å². The van der Waals surface area contributed by atoms with Gasteiger partial charge in [0.2, 0.25) is 5.91 Å². The van der Waals surface area contributed by atoms with Gasteiger partial charge in [0.1, 0.15) is 10.8 Å². The first-order valence-electron chi connectivity index (χ1n) is 8.56. The molecule has 2 aromatic rings. The van der Waals surface area contributed by atoms with E-state index < -0.39 is 0 Å². The summed E-state index contributed by atoms with van der Waals surface area (Å²) in [6, 6.07) is 7.87. The first kappa shape index (κ1) is 17.9. The second-order valence-corrected chi connectivity index (χ2v) is 7.52. The maximum atomic E-state index is 12.7. The van der Waals surface area contributed by atoms with E-state index in [1.165, 1.54) is 0 Å². The summed E-state index contributed by atoms with van der Waals surface area (Å²) >= 11 is 1.54. The van der Waals surface area contributed by atoms with Crippen molar-refractivity contribution in [3.05, 3.63) is 35.3 Å². The number of amides is 1. The molecule has 1 aromatic carbocycles. The molecule has 0 aliphatic carbocycles. The molecule has 5 nitrogen and oxygen atoms in total. The van der Waals surface area contributed by atoms with Gasteiger partial charge in [-0.15, -0.1) is 11.3 Å². The summed E-state index contributed by atoms with van der Waals surface area (Å²) in [5, 5.41) is 2.84. The fourth-order valence-electron chi connectivity index (χ4n) is 3.01. The Labute approximate surface area is 152 Å². The monoisotopic (exact) mass is 360 g/mol. The molecule has 0 bridgehead atoms. The Morgan fingerprint density at radius 3 is 2.96 bits per heavy atom. The summed E-state index contributed by atoms with van der Waals surface area (Å²) in [4.78, 5) is 19.3. The highest BCUT2D eigenvalue weighted by Gasteiger charge is 2.34. The molecule has 0 atom stereocenters. The summed E-state index contributed by atoms with van der Waals surface area (Å²) in [5.74, 6) is 0.926. The van der Waals surface area contributed by atoms with Gasteiger partial charge < -0.3 is 14.4 Å². The molecule has 1 fully saturated rings. The molecule has 0 radical (unpaired) electrons. The maximum absolute atomic E-state index is 12.7. The number of hydrogen-bond donors (Lipinski definition) is 0. The number of rotatable bonds is 5. The summed E-state index contributed by atoms with van der Waals surface area (Å²) in [6.07, 6.45) is 0.316. The summed E-state index contributed by atoms with van der Waals surface area (Å²) in [6.45, 7) is 8.45. The number of para-hydroxylation sites is 1. The van der Waals surface area contributed by atoms with Gasteiger partial charge >= 0.3 is 0 Å². The standard InChI is InChI=1S/C19H24N2O3S/c1-4-24-16-8-6-5-7-15(16)18-20-14(12-25-18)11-17(22)21-9-10-23-13-19(21,2)3/h5-8,12H,4,9-11,13H2,1-3H3. The Morgan fingerprint density at radius 2 is 2.20 bits per heavy atom. The van der Waals surface area contributed by atoms with Gasteiger partial charge in [0.15, 0.2) is 0 Å². The van der Waals surface area contributed by atoms with Crippen molar-refractivity contribution in [1.82, 2.24) is 9.88 Å². The van der Waals surface area contributed by atoms with Crippen LogP contribution in [0, 0.1) is 0 Å². The van der Waals surface area contributed by atoms with Crippen molar-refractivity contribution < 1.29 is 14.3 Å². The Kier molecular flexibility index (Phi) is 5.39. The van der Waals surface area contributed by atoms with E-state index in [0.717, 1.165) is 22.0 Å². The van der Waals surface area contributed by atoms with Crippen LogP contribution in [0.15, 0.2) is 29.6 Å². The summed E-state index contributed by atoms with van der Waals surface area (Å²) in [7, 11) is 0. The van der Waals surface area contributed by atoms with E-state index in [1.54, 1.807) is 11.3 Å². The van der Waals surface area contributed by atoms with Crippen LogP contribution in [0.4, 0.5) is 0 Å². The summed E-state index contributed by atoms with van der Waals surface area (Å²) < 4.78 is 11.2. The van der Waals surface area contributed by atoms with Crippen molar-refractivity contribution in [1.29, 1.82) is 0 Å². The minimum absolute atomic E-state index is 0.100. The highest BCUT2D eigenvalue weighted by atomic mass is 32.1. The van der Waals surface area contributed by atoms with Crippen LogP contribution in [0.1, 0.15) is 26.5 Å². The van der Waals surface area contributed by atoms with Gasteiger partial charge in [-0.1, -0.05) is 12.1 Å². The number of ether oxygens (including phenoxy) is 2. The van der Waals surface area contributed by atoms with Crippen molar-refractivity contribution in [3.8, 4) is 16.3 Å². The van der Waals surface area contributed by atoms with Crippen LogP contribution in [0.2, 0.25) is 0 Å². The molecule has 6 heteroatoms. The molecule has 2 heterocycles. The highest BCUT2D eigenvalue weighted by Crippen LogP contribution is 2.32. The van der Waals surface area contributed by atoms with E-state index in [2.05, 4.69) is 4.98 Å². The SMILES string of the molecule is CCOc1ccccc1-c1nc(CC(=O)N2CCOCC2(C)C)cs1. The molecule has 0 spiro atoms. The zero-order chi connectivity index (χ0) is 17.9. The number of morpholine rings is 1. The smallest absolute Gasteiger partial charge is 0.229 e. The average molecular weight is 360 g/mol. The van der Waals surface area contributed by atoms with Crippen LogP contribution in [0.25, 0.3) is 10.6 Å². The molecule has 1 aliphatic heterocycles. The largest absolute Gasteiger partial charge is 0.493 e. The van der Waals surface area contributed by atoms with Crippen molar-refractivity contribution >= 4 is 17.2 Å². The fourth-order valence-corrected chi connectivity index (χ4v) is 3.86. The van der Waals surface area contributed by atoms with Crippen LogP contribution in [0.3, 0.4) is 0 Å². The van der Waals surface area contributed by atoms with Gasteiger partial charge in [-0.3, -0.25) is 4.79 Å². The molecule has 1 saturated heterocycles. The van der Waals surface area contributed by atoms with Crippen molar-refractivity contribution in [2.75, 3.05) is 26.4 Å². The minimum Gasteiger partial charge on any atom is -0.493 e. The Bertz CT molecular complexity index is 742. The van der Waals surface area contributed by atoms with E-state index in [9.17, 15) is 4.79 Å². The average Bonchev–Trinajstić information content (AvgIpc) is 3.03. The van der Waals surface area contributed by atoms with Crippen molar-refractivity contribution in [3.63, 3.8) is 0 Å².